The second kappa shape index (κ2) is 15.1. The van der Waals surface area contributed by atoms with Gasteiger partial charge in [-0.1, -0.05) is 29.8 Å². The van der Waals surface area contributed by atoms with E-state index in [1.54, 1.807) is 19.5 Å². The van der Waals surface area contributed by atoms with E-state index in [0.29, 0.717) is 65.2 Å². The van der Waals surface area contributed by atoms with E-state index in [4.69, 9.17) is 21.3 Å². The Morgan fingerprint density at radius 1 is 1.00 bits per heavy atom. The molecule has 2 saturated heterocycles. The standard InChI is InChI=1S/C38H41ClN8O4/c1-22-28(36-35(39)29(12-14-41-36)31-9-6-24(38(46-31)51-2)17-40-19-26-7-10-33(48)43-26)4-3-5-30(22)45-37(50)32-16-23-13-15-47(20-25(23)18-42-32)21-27-8-11-34(49)44-27/h3-6,9,12,14,16,18,26-27,40H,7-8,10-11,13,15,17,19-21H2,1-2H3,(H,43,48)(H,44,49)(H,45,50)/t26-,27-/m1/s1. The largest absolute Gasteiger partial charge is 0.481 e. The number of hydrogen-bond acceptors (Lipinski definition) is 9. The van der Waals surface area contributed by atoms with Gasteiger partial charge in [-0.15, -0.1) is 0 Å². The highest BCUT2D eigenvalue weighted by atomic mass is 35.5. The number of nitrogens with zero attached hydrogens (tertiary/aromatic N) is 4. The quantitative estimate of drug-likeness (QED) is 0.177. The number of amides is 3. The number of benzene rings is 1. The van der Waals surface area contributed by atoms with Crippen molar-refractivity contribution in [3.63, 3.8) is 0 Å². The van der Waals surface area contributed by atoms with Gasteiger partial charge in [-0.05, 0) is 67.1 Å². The van der Waals surface area contributed by atoms with E-state index in [2.05, 4.69) is 36.1 Å². The lowest BCUT2D eigenvalue weighted by atomic mass is 9.99. The number of ether oxygens (including phenoxy) is 1. The van der Waals surface area contributed by atoms with Crippen LogP contribution in [0.15, 0.2) is 54.9 Å². The summed E-state index contributed by atoms with van der Waals surface area (Å²) in [5.74, 6) is 0.413. The predicted octanol–water partition coefficient (Wildman–Crippen LogP) is 4.43. The number of aromatic nitrogens is 3. The first kappa shape index (κ1) is 34.5. The summed E-state index contributed by atoms with van der Waals surface area (Å²) in [7, 11) is 1.59. The minimum absolute atomic E-state index is 0.0929. The fourth-order valence-corrected chi connectivity index (χ4v) is 7.40. The van der Waals surface area contributed by atoms with E-state index in [0.717, 1.165) is 66.7 Å². The van der Waals surface area contributed by atoms with Gasteiger partial charge in [-0.3, -0.25) is 29.3 Å². The number of hydrogen-bond donors (Lipinski definition) is 4. The predicted molar refractivity (Wildman–Crippen MR) is 194 cm³/mol. The van der Waals surface area contributed by atoms with Crippen LogP contribution in [0.1, 0.15) is 58.4 Å². The molecule has 0 bridgehead atoms. The molecular formula is C38H41ClN8O4. The van der Waals surface area contributed by atoms with Crippen LogP contribution in [0.2, 0.25) is 5.02 Å². The second-order valence-corrected chi connectivity index (χ2v) is 13.8. The summed E-state index contributed by atoms with van der Waals surface area (Å²) in [5, 5.41) is 12.9. The third-order valence-corrected chi connectivity index (χ3v) is 10.3. The van der Waals surface area contributed by atoms with Crippen LogP contribution < -0.4 is 26.0 Å². The Morgan fingerprint density at radius 2 is 1.80 bits per heavy atom. The summed E-state index contributed by atoms with van der Waals surface area (Å²) < 4.78 is 5.63. The maximum absolute atomic E-state index is 13.5. The Morgan fingerprint density at radius 3 is 2.57 bits per heavy atom. The molecule has 51 heavy (non-hydrogen) atoms. The van der Waals surface area contributed by atoms with Crippen molar-refractivity contribution in [2.45, 2.75) is 64.2 Å². The third kappa shape index (κ3) is 7.73. The molecule has 0 spiro atoms. The van der Waals surface area contributed by atoms with Crippen molar-refractivity contribution < 1.29 is 19.1 Å². The molecule has 3 aromatic heterocycles. The monoisotopic (exact) mass is 708 g/mol. The highest BCUT2D eigenvalue weighted by Crippen LogP contribution is 2.38. The summed E-state index contributed by atoms with van der Waals surface area (Å²) in [4.78, 5) is 52.8. The average molecular weight is 709 g/mol. The lowest BCUT2D eigenvalue weighted by Crippen LogP contribution is -2.41. The molecule has 264 valence electrons. The van der Waals surface area contributed by atoms with Gasteiger partial charge in [-0.2, -0.15) is 0 Å². The lowest BCUT2D eigenvalue weighted by Gasteiger charge is -2.30. The molecule has 13 heteroatoms. The van der Waals surface area contributed by atoms with Crippen molar-refractivity contribution in [1.82, 2.24) is 35.8 Å². The molecule has 4 N–H and O–H groups in total. The van der Waals surface area contributed by atoms with Gasteiger partial charge in [0.1, 0.15) is 5.69 Å². The lowest BCUT2D eigenvalue weighted by molar-refractivity contribution is -0.120. The van der Waals surface area contributed by atoms with Crippen LogP contribution in [0, 0.1) is 6.92 Å². The highest BCUT2D eigenvalue weighted by molar-refractivity contribution is 6.35. The van der Waals surface area contributed by atoms with Gasteiger partial charge in [0.25, 0.3) is 5.91 Å². The smallest absolute Gasteiger partial charge is 0.274 e. The Labute approximate surface area is 301 Å². The van der Waals surface area contributed by atoms with Gasteiger partial charge in [-0.25, -0.2) is 4.98 Å². The fraction of sp³-hybridized carbons (Fsp3) is 0.368. The molecule has 0 saturated carbocycles. The number of carbonyl (C=O) groups excluding carboxylic acids is 3. The maximum Gasteiger partial charge on any atom is 0.274 e. The first-order valence-corrected chi connectivity index (χ1v) is 17.7. The molecule has 6 heterocycles. The van der Waals surface area contributed by atoms with Crippen LogP contribution >= 0.6 is 11.6 Å². The van der Waals surface area contributed by atoms with Gasteiger partial charge in [0.05, 0.1) is 23.5 Å². The van der Waals surface area contributed by atoms with Crippen molar-refractivity contribution in [3.8, 4) is 28.4 Å². The molecule has 0 unspecified atom stereocenters. The van der Waals surface area contributed by atoms with Crippen molar-refractivity contribution in [2.75, 3.05) is 32.1 Å². The number of nitrogens with one attached hydrogen (secondary N) is 4. The SMILES string of the molecule is COc1nc(-c2ccnc(-c3cccc(NC(=O)c4cc5c(cn4)CN(C[C@H]4CCC(=O)N4)CC5)c3C)c2Cl)ccc1CNC[C@H]1CCC(=O)N1. The van der Waals surface area contributed by atoms with Gasteiger partial charge < -0.3 is 26.0 Å². The molecule has 3 aliphatic rings. The van der Waals surface area contributed by atoms with Crippen LogP contribution in [-0.4, -0.2) is 76.4 Å². The molecule has 2 fully saturated rings. The Kier molecular flexibility index (Phi) is 10.3. The second-order valence-electron chi connectivity index (χ2n) is 13.4. The van der Waals surface area contributed by atoms with E-state index >= 15 is 0 Å². The maximum atomic E-state index is 13.5. The van der Waals surface area contributed by atoms with Crippen molar-refractivity contribution >= 4 is 35.0 Å². The Hall–Kier alpha value is -4.91. The van der Waals surface area contributed by atoms with Crippen molar-refractivity contribution in [3.05, 3.63) is 87.8 Å². The third-order valence-electron chi connectivity index (χ3n) is 9.90. The normalized spacial score (nSPS) is 18.6. The van der Waals surface area contributed by atoms with Crippen LogP contribution in [0.4, 0.5) is 5.69 Å². The van der Waals surface area contributed by atoms with E-state index in [9.17, 15) is 14.4 Å². The van der Waals surface area contributed by atoms with Gasteiger partial charge >= 0.3 is 0 Å². The Bertz CT molecular complexity index is 1990. The molecule has 4 aromatic rings. The summed E-state index contributed by atoms with van der Waals surface area (Å²) >= 11 is 7.03. The topological polar surface area (TPSA) is 150 Å². The van der Waals surface area contributed by atoms with Gasteiger partial charge in [0.2, 0.25) is 17.7 Å². The zero-order valence-corrected chi connectivity index (χ0v) is 29.5. The Balaban J connectivity index is 1.04. The molecule has 1 aromatic carbocycles. The van der Waals surface area contributed by atoms with E-state index in [1.807, 2.05) is 49.4 Å². The summed E-state index contributed by atoms with van der Waals surface area (Å²) in [5.41, 5.74) is 7.62. The number of halogens is 1. The molecule has 0 radical (unpaired) electrons. The minimum Gasteiger partial charge on any atom is -0.481 e. The first-order chi connectivity index (χ1) is 24.7. The fourth-order valence-electron chi connectivity index (χ4n) is 7.09. The van der Waals surface area contributed by atoms with Crippen molar-refractivity contribution in [1.29, 1.82) is 0 Å². The van der Waals surface area contributed by atoms with Crippen LogP contribution in [0.5, 0.6) is 5.88 Å². The van der Waals surface area contributed by atoms with Gasteiger partial charge in [0.15, 0.2) is 0 Å². The van der Waals surface area contributed by atoms with Crippen LogP contribution in [0.25, 0.3) is 22.5 Å². The first-order valence-electron chi connectivity index (χ1n) is 17.4. The molecule has 7 rings (SSSR count). The number of rotatable bonds is 11. The number of anilines is 1. The number of methoxy groups -OCH3 is 1. The molecular weight excluding hydrogens is 668 g/mol. The van der Waals surface area contributed by atoms with Crippen LogP contribution in [0.3, 0.4) is 0 Å². The number of fused-ring (bicyclic) bond motifs is 1. The summed E-state index contributed by atoms with van der Waals surface area (Å²) in [6, 6.07) is 13.6. The molecule has 12 nitrogen and oxygen atoms in total. The number of pyridine rings is 3. The minimum atomic E-state index is -0.291. The molecule has 2 atom stereocenters. The molecule has 3 amide bonds. The molecule has 0 aliphatic carbocycles. The van der Waals surface area contributed by atoms with Gasteiger partial charge in [0, 0.05) is 92.4 Å². The van der Waals surface area contributed by atoms with E-state index < -0.39 is 0 Å². The summed E-state index contributed by atoms with van der Waals surface area (Å²) in [6.07, 6.45) is 7.17. The number of carbonyl (C=O) groups is 3. The zero-order chi connectivity index (χ0) is 35.5. The molecule has 3 aliphatic heterocycles. The van der Waals surface area contributed by atoms with Crippen molar-refractivity contribution in [2.24, 2.45) is 0 Å². The van der Waals surface area contributed by atoms with E-state index in [1.165, 1.54) is 0 Å². The van der Waals surface area contributed by atoms with Crippen LogP contribution in [-0.2, 0) is 29.1 Å². The average Bonchev–Trinajstić information content (AvgIpc) is 3.75. The zero-order valence-electron chi connectivity index (χ0n) is 28.7. The van der Waals surface area contributed by atoms with E-state index in [-0.39, 0.29) is 29.8 Å². The summed E-state index contributed by atoms with van der Waals surface area (Å²) in [6.45, 7) is 5.57. The highest BCUT2D eigenvalue weighted by Gasteiger charge is 2.26.